The van der Waals surface area contributed by atoms with Gasteiger partial charge in [0.05, 0.1) is 4.92 Å². The molecule has 0 radical (unpaired) electrons. The summed E-state index contributed by atoms with van der Waals surface area (Å²) >= 11 is 0. The van der Waals surface area contributed by atoms with Crippen molar-refractivity contribution >= 4 is 29.5 Å². The van der Waals surface area contributed by atoms with E-state index < -0.39 is 22.6 Å². The first-order chi connectivity index (χ1) is 9.95. The Bertz CT molecular complexity index is 637. The van der Waals surface area contributed by atoms with Crippen LogP contribution >= 0.6 is 0 Å². The molecule has 0 saturated carbocycles. The lowest BCUT2D eigenvalue weighted by molar-refractivity contribution is -0.384. The number of carbonyl (C=O) groups is 3. The molecule has 0 unspecified atom stereocenters. The number of carbonyl (C=O) groups excluding carboxylic acids is 3. The van der Waals surface area contributed by atoms with Crippen LogP contribution in [0.2, 0.25) is 0 Å². The Balaban J connectivity index is 2.08. The average Bonchev–Trinajstić information content (AvgIpc) is 2.44. The van der Waals surface area contributed by atoms with Crippen molar-refractivity contribution in [3.63, 3.8) is 0 Å². The summed E-state index contributed by atoms with van der Waals surface area (Å²) in [7, 11) is 0. The van der Waals surface area contributed by atoms with Gasteiger partial charge in [0.25, 0.3) is 5.69 Å². The maximum Gasteiger partial charge on any atom is 0.270 e. The van der Waals surface area contributed by atoms with Gasteiger partial charge in [-0.15, -0.1) is 0 Å². The standard InChI is InChI=1S/C13H11N3O5/c17-11-7-15(8-12(18)14-11)13(19)5-4-9-2-1-3-10(6-9)16(20)21/h1-6H,7-8H2,(H,14,17,18). The number of imide groups is 1. The molecule has 3 amide bonds. The Morgan fingerprint density at radius 2 is 1.95 bits per heavy atom. The van der Waals surface area contributed by atoms with Crippen molar-refractivity contribution in [2.24, 2.45) is 0 Å². The first-order valence-electron chi connectivity index (χ1n) is 6.00. The van der Waals surface area contributed by atoms with Crippen molar-refractivity contribution in [3.05, 3.63) is 46.0 Å². The van der Waals surface area contributed by atoms with Gasteiger partial charge in [-0.3, -0.25) is 29.8 Å². The van der Waals surface area contributed by atoms with Crippen LogP contribution in [0, 0.1) is 10.1 Å². The zero-order valence-electron chi connectivity index (χ0n) is 10.8. The second-order valence-electron chi connectivity index (χ2n) is 4.35. The van der Waals surface area contributed by atoms with Gasteiger partial charge in [0, 0.05) is 18.2 Å². The molecular weight excluding hydrogens is 278 g/mol. The molecule has 0 aliphatic carbocycles. The molecule has 8 heteroatoms. The van der Waals surface area contributed by atoms with Crippen molar-refractivity contribution in [2.75, 3.05) is 13.1 Å². The number of rotatable bonds is 3. The third-order valence-electron chi connectivity index (χ3n) is 2.76. The fraction of sp³-hybridized carbons (Fsp3) is 0.154. The molecule has 1 fully saturated rings. The van der Waals surface area contributed by atoms with Gasteiger partial charge in [0.2, 0.25) is 17.7 Å². The van der Waals surface area contributed by atoms with Crippen molar-refractivity contribution in [3.8, 4) is 0 Å². The van der Waals surface area contributed by atoms with Crippen molar-refractivity contribution in [2.45, 2.75) is 0 Å². The number of nitro benzene ring substituents is 1. The summed E-state index contributed by atoms with van der Waals surface area (Å²) in [4.78, 5) is 45.4. The van der Waals surface area contributed by atoms with Crippen LogP contribution in [0.3, 0.4) is 0 Å². The normalized spacial score (nSPS) is 15.1. The summed E-state index contributed by atoms with van der Waals surface area (Å²) in [5.74, 6) is -1.59. The SMILES string of the molecule is O=C1CN(C(=O)C=Cc2cccc([N+](=O)[O-])c2)CC(=O)N1. The minimum absolute atomic E-state index is 0.0860. The van der Waals surface area contributed by atoms with Crippen molar-refractivity contribution < 1.29 is 19.3 Å². The molecule has 1 aromatic rings. The van der Waals surface area contributed by atoms with E-state index in [1.807, 2.05) is 0 Å². The van der Waals surface area contributed by atoms with Gasteiger partial charge in [-0.05, 0) is 11.6 Å². The third kappa shape index (κ3) is 3.72. The number of amides is 3. The number of piperazine rings is 1. The number of hydrogen-bond acceptors (Lipinski definition) is 5. The highest BCUT2D eigenvalue weighted by molar-refractivity contribution is 6.04. The summed E-state index contributed by atoms with van der Waals surface area (Å²) in [6.45, 7) is -0.381. The van der Waals surface area contributed by atoms with E-state index in [9.17, 15) is 24.5 Å². The number of nitrogens with zero attached hydrogens (tertiary/aromatic N) is 2. The molecule has 0 spiro atoms. The van der Waals surface area contributed by atoms with Crippen LogP contribution in [0.5, 0.6) is 0 Å². The molecule has 1 aromatic carbocycles. The molecule has 1 saturated heterocycles. The topological polar surface area (TPSA) is 110 Å². The molecular formula is C13H11N3O5. The first kappa shape index (κ1) is 14.4. The monoisotopic (exact) mass is 289 g/mol. The molecule has 1 aliphatic rings. The molecule has 1 N–H and O–H groups in total. The predicted octanol–water partition coefficient (Wildman–Crippen LogP) is 0.0930. The van der Waals surface area contributed by atoms with Gasteiger partial charge in [0.1, 0.15) is 13.1 Å². The first-order valence-corrected chi connectivity index (χ1v) is 6.00. The van der Waals surface area contributed by atoms with E-state index in [2.05, 4.69) is 5.32 Å². The summed E-state index contributed by atoms with van der Waals surface area (Å²) in [5.41, 5.74) is 0.391. The van der Waals surface area contributed by atoms with Crippen LogP contribution in [0.25, 0.3) is 6.08 Å². The van der Waals surface area contributed by atoms with Crippen LogP contribution in [0.4, 0.5) is 5.69 Å². The Morgan fingerprint density at radius 3 is 2.57 bits per heavy atom. The third-order valence-corrected chi connectivity index (χ3v) is 2.76. The average molecular weight is 289 g/mol. The second-order valence-corrected chi connectivity index (χ2v) is 4.35. The van der Waals surface area contributed by atoms with E-state index >= 15 is 0 Å². The van der Waals surface area contributed by atoms with E-state index in [4.69, 9.17) is 0 Å². The van der Waals surface area contributed by atoms with Crippen LogP contribution in [0.1, 0.15) is 5.56 Å². The number of benzene rings is 1. The fourth-order valence-electron chi connectivity index (χ4n) is 1.81. The van der Waals surface area contributed by atoms with Gasteiger partial charge in [-0.2, -0.15) is 0 Å². The van der Waals surface area contributed by atoms with Crippen molar-refractivity contribution in [1.82, 2.24) is 10.2 Å². The number of hydrogen-bond donors (Lipinski definition) is 1. The van der Waals surface area contributed by atoms with E-state index in [1.54, 1.807) is 6.07 Å². The Hall–Kier alpha value is -3.03. The minimum Gasteiger partial charge on any atom is -0.321 e. The quantitative estimate of drug-likeness (QED) is 0.367. The van der Waals surface area contributed by atoms with E-state index in [1.165, 1.54) is 30.4 Å². The zero-order chi connectivity index (χ0) is 15.4. The molecule has 1 heterocycles. The van der Waals surface area contributed by atoms with Crippen LogP contribution in [-0.4, -0.2) is 40.6 Å². The highest BCUT2D eigenvalue weighted by atomic mass is 16.6. The number of nitro groups is 1. The smallest absolute Gasteiger partial charge is 0.270 e. The Labute approximate surface area is 119 Å². The largest absolute Gasteiger partial charge is 0.321 e. The summed E-state index contributed by atoms with van der Waals surface area (Å²) in [6.07, 6.45) is 2.57. The Morgan fingerprint density at radius 1 is 1.29 bits per heavy atom. The summed E-state index contributed by atoms with van der Waals surface area (Å²) < 4.78 is 0. The van der Waals surface area contributed by atoms with Crippen LogP contribution < -0.4 is 5.32 Å². The van der Waals surface area contributed by atoms with Gasteiger partial charge in [0.15, 0.2) is 0 Å². The van der Waals surface area contributed by atoms with Gasteiger partial charge < -0.3 is 4.90 Å². The summed E-state index contributed by atoms with van der Waals surface area (Å²) in [5, 5.41) is 12.7. The molecule has 1 aliphatic heterocycles. The van der Waals surface area contributed by atoms with E-state index in [-0.39, 0.29) is 18.8 Å². The molecule has 0 aromatic heterocycles. The lowest BCUT2D eigenvalue weighted by Gasteiger charge is -2.24. The van der Waals surface area contributed by atoms with E-state index in [0.717, 1.165) is 4.90 Å². The van der Waals surface area contributed by atoms with E-state index in [0.29, 0.717) is 5.56 Å². The summed E-state index contributed by atoms with van der Waals surface area (Å²) in [6, 6.07) is 5.76. The maximum atomic E-state index is 11.9. The van der Waals surface area contributed by atoms with Gasteiger partial charge in [-0.25, -0.2) is 0 Å². The van der Waals surface area contributed by atoms with Crippen LogP contribution in [0.15, 0.2) is 30.3 Å². The molecule has 21 heavy (non-hydrogen) atoms. The maximum absolute atomic E-state index is 11.9. The fourth-order valence-corrected chi connectivity index (χ4v) is 1.81. The molecule has 108 valence electrons. The lowest BCUT2D eigenvalue weighted by Crippen LogP contribution is -2.52. The number of nitrogens with one attached hydrogen (secondary N) is 1. The highest BCUT2D eigenvalue weighted by Crippen LogP contribution is 2.14. The van der Waals surface area contributed by atoms with Gasteiger partial charge >= 0.3 is 0 Å². The molecule has 0 bridgehead atoms. The van der Waals surface area contributed by atoms with Crippen LogP contribution in [-0.2, 0) is 14.4 Å². The predicted molar refractivity (Wildman–Crippen MR) is 71.9 cm³/mol. The van der Waals surface area contributed by atoms with Crippen molar-refractivity contribution in [1.29, 1.82) is 0 Å². The molecule has 8 nitrogen and oxygen atoms in total. The molecule has 2 rings (SSSR count). The van der Waals surface area contributed by atoms with Gasteiger partial charge in [-0.1, -0.05) is 12.1 Å². The zero-order valence-corrected chi connectivity index (χ0v) is 10.8. The Kier molecular flexibility index (Phi) is 4.07. The second kappa shape index (κ2) is 5.95. The minimum atomic E-state index is -0.539. The molecule has 0 atom stereocenters. The highest BCUT2D eigenvalue weighted by Gasteiger charge is 2.24. The lowest BCUT2D eigenvalue weighted by atomic mass is 10.2. The number of non-ortho nitro benzene ring substituents is 1.